The fourth-order valence-electron chi connectivity index (χ4n) is 2.67. The molecular weight excluding hydrogens is 410 g/mol. The van der Waals surface area contributed by atoms with Crippen LogP contribution in [0.1, 0.15) is 37.0 Å². The lowest BCUT2D eigenvalue weighted by molar-refractivity contribution is -0.140. The smallest absolute Gasteiger partial charge is 0.305 e. The Morgan fingerprint density at radius 2 is 1.81 bits per heavy atom. The monoisotopic (exact) mass is 445 g/mol. The van der Waals surface area contributed by atoms with Crippen molar-refractivity contribution >= 4 is 30.2 Å². The standard InChI is InChI=1S/C17H21N3OS.C7H14O2/c1-19-17(21)15-8-7-14(20-10-13(18)11-22)9-16(15)12-5-3-2-4-6-12;1-6(2)4-5-7(8)9-3/h2-9,13,20,22H,10-11,18H2,1H3,(H,19,21);6H,4-5H2,1-3H3. The number of thiol groups is 1. The van der Waals surface area contributed by atoms with E-state index in [9.17, 15) is 9.59 Å². The summed E-state index contributed by atoms with van der Waals surface area (Å²) in [4.78, 5) is 22.6. The van der Waals surface area contributed by atoms with Gasteiger partial charge < -0.3 is 21.1 Å². The number of hydrogen-bond donors (Lipinski definition) is 4. The first-order valence-corrected chi connectivity index (χ1v) is 11.0. The van der Waals surface area contributed by atoms with Gasteiger partial charge in [0.05, 0.1) is 7.11 Å². The summed E-state index contributed by atoms with van der Waals surface area (Å²) in [5.74, 6) is 1.000. The summed E-state index contributed by atoms with van der Waals surface area (Å²) < 4.78 is 4.46. The van der Waals surface area contributed by atoms with Crippen LogP contribution in [0.4, 0.5) is 5.69 Å². The number of amides is 1. The molecule has 0 aliphatic heterocycles. The molecule has 1 amide bonds. The van der Waals surface area contributed by atoms with Crippen molar-refractivity contribution < 1.29 is 14.3 Å². The minimum atomic E-state index is -0.108. The van der Waals surface area contributed by atoms with E-state index in [1.807, 2.05) is 48.5 Å². The van der Waals surface area contributed by atoms with Gasteiger partial charge in [-0.05, 0) is 41.7 Å². The highest BCUT2D eigenvalue weighted by molar-refractivity contribution is 7.80. The zero-order chi connectivity index (χ0) is 23.2. The van der Waals surface area contributed by atoms with Crippen LogP contribution in [-0.2, 0) is 9.53 Å². The zero-order valence-electron chi connectivity index (χ0n) is 18.9. The third-order valence-corrected chi connectivity index (χ3v) is 5.00. The molecule has 0 aliphatic rings. The van der Waals surface area contributed by atoms with Gasteiger partial charge in [0.15, 0.2) is 0 Å². The molecule has 2 rings (SSSR count). The Labute approximate surface area is 191 Å². The van der Waals surface area contributed by atoms with Gasteiger partial charge in [-0.3, -0.25) is 9.59 Å². The number of nitrogens with two attached hydrogens (primary N) is 1. The SMILES string of the molecule is CNC(=O)c1ccc(NCC(N)CS)cc1-c1ccccc1.COC(=O)CCC(C)C. The summed E-state index contributed by atoms with van der Waals surface area (Å²) in [7, 11) is 3.05. The molecule has 7 heteroatoms. The highest BCUT2D eigenvalue weighted by Crippen LogP contribution is 2.27. The number of nitrogens with one attached hydrogen (secondary N) is 2. The molecule has 170 valence electrons. The number of benzene rings is 2. The van der Waals surface area contributed by atoms with E-state index < -0.39 is 0 Å². The third kappa shape index (κ3) is 9.89. The molecule has 0 spiro atoms. The van der Waals surface area contributed by atoms with E-state index in [1.54, 1.807) is 7.05 Å². The average Bonchev–Trinajstić information content (AvgIpc) is 2.81. The molecule has 0 heterocycles. The highest BCUT2D eigenvalue weighted by Gasteiger charge is 2.12. The minimum absolute atomic E-state index is 0.0119. The van der Waals surface area contributed by atoms with E-state index >= 15 is 0 Å². The molecule has 1 unspecified atom stereocenters. The second-order valence-electron chi connectivity index (χ2n) is 7.54. The Kier molecular flexibility index (Phi) is 12.4. The molecule has 4 N–H and O–H groups in total. The normalized spacial score (nSPS) is 11.2. The third-order valence-electron chi connectivity index (χ3n) is 4.53. The maximum atomic E-state index is 12.1. The average molecular weight is 446 g/mol. The van der Waals surface area contributed by atoms with Gasteiger partial charge in [-0.2, -0.15) is 12.6 Å². The Hall–Kier alpha value is -2.51. The maximum absolute atomic E-state index is 12.1. The summed E-state index contributed by atoms with van der Waals surface area (Å²) in [5, 5.41) is 5.96. The van der Waals surface area contributed by atoms with Crippen LogP contribution < -0.4 is 16.4 Å². The number of esters is 1. The predicted octanol–water partition coefficient (Wildman–Crippen LogP) is 3.98. The minimum Gasteiger partial charge on any atom is -0.469 e. The summed E-state index contributed by atoms with van der Waals surface area (Å²) in [6, 6.07) is 15.5. The second-order valence-corrected chi connectivity index (χ2v) is 7.90. The van der Waals surface area contributed by atoms with Crippen LogP contribution >= 0.6 is 12.6 Å². The van der Waals surface area contributed by atoms with Gasteiger partial charge >= 0.3 is 5.97 Å². The van der Waals surface area contributed by atoms with Gasteiger partial charge in [0.1, 0.15) is 0 Å². The van der Waals surface area contributed by atoms with Crippen LogP contribution in [0.2, 0.25) is 0 Å². The largest absolute Gasteiger partial charge is 0.469 e. The van der Waals surface area contributed by atoms with E-state index in [1.165, 1.54) is 7.11 Å². The zero-order valence-corrected chi connectivity index (χ0v) is 19.7. The van der Waals surface area contributed by atoms with Gasteiger partial charge in [0, 0.05) is 43.1 Å². The molecule has 2 aromatic carbocycles. The Balaban J connectivity index is 0.000000452. The van der Waals surface area contributed by atoms with Gasteiger partial charge in [0.25, 0.3) is 5.91 Å². The van der Waals surface area contributed by atoms with E-state index in [0.717, 1.165) is 23.2 Å². The van der Waals surface area contributed by atoms with E-state index in [0.29, 0.717) is 30.2 Å². The number of carbonyl (C=O) groups is 2. The number of ether oxygens (including phenoxy) is 1. The van der Waals surface area contributed by atoms with E-state index in [4.69, 9.17) is 5.73 Å². The highest BCUT2D eigenvalue weighted by atomic mass is 32.1. The quantitative estimate of drug-likeness (QED) is 0.346. The molecule has 1 atom stereocenters. The molecule has 0 aromatic heterocycles. The molecule has 0 fully saturated rings. The first-order chi connectivity index (χ1) is 14.8. The fraction of sp³-hybridized carbons (Fsp3) is 0.417. The van der Waals surface area contributed by atoms with Gasteiger partial charge in [0.2, 0.25) is 0 Å². The molecule has 0 aliphatic carbocycles. The fourth-order valence-corrected chi connectivity index (χ4v) is 2.79. The van der Waals surface area contributed by atoms with Crippen molar-refractivity contribution in [2.75, 3.05) is 31.8 Å². The number of rotatable bonds is 9. The predicted molar refractivity (Wildman–Crippen MR) is 132 cm³/mol. The summed E-state index contributed by atoms with van der Waals surface area (Å²) in [5.41, 5.74) is 9.35. The molecule has 0 radical (unpaired) electrons. The topological polar surface area (TPSA) is 93.5 Å². The van der Waals surface area contributed by atoms with Crippen molar-refractivity contribution in [1.29, 1.82) is 0 Å². The Bertz CT molecular complexity index is 813. The number of methoxy groups -OCH3 is 1. The van der Waals surface area contributed by atoms with Crippen LogP contribution in [0.15, 0.2) is 48.5 Å². The second kappa shape index (κ2) is 14.5. The van der Waals surface area contributed by atoms with Crippen molar-refractivity contribution in [3.8, 4) is 11.1 Å². The van der Waals surface area contributed by atoms with Crippen LogP contribution in [0, 0.1) is 5.92 Å². The Morgan fingerprint density at radius 3 is 2.35 bits per heavy atom. The summed E-state index contributed by atoms with van der Waals surface area (Å²) in [6.45, 7) is 4.81. The first kappa shape index (κ1) is 26.5. The first-order valence-electron chi connectivity index (χ1n) is 10.4. The van der Waals surface area contributed by atoms with Crippen LogP contribution in [0.3, 0.4) is 0 Å². The Morgan fingerprint density at radius 1 is 1.13 bits per heavy atom. The molecule has 2 aromatic rings. The molecular formula is C24H35N3O3S. The van der Waals surface area contributed by atoms with Crippen molar-refractivity contribution in [2.45, 2.75) is 32.7 Å². The lowest BCUT2D eigenvalue weighted by Crippen LogP contribution is -2.30. The van der Waals surface area contributed by atoms with Gasteiger partial charge in [-0.25, -0.2) is 0 Å². The molecule has 6 nitrogen and oxygen atoms in total. The molecule has 0 saturated heterocycles. The van der Waals surface area contributed by atoms with Gasteiger partial charge in [-0.1, -0.05) is 44.2 Å². The van der Waals surface area contributed by atoms with Crippen molar-refractivity contribution in [3.05, 3.63) is 54.1 Å². The number of hydrogen-bond acceptors (Lipinski definition) is 6. The van der Waals surface area contributed by atoms with Crippen molar-refractivity contribution in [3.63, 3.8) is 0 Å². The number of anilines is 1. The van der Waals surface area contributed by atoms with E-state index in [-0.39, 0.29) is 17.9 Å². The maximum Gasteiger partial charge on any atom is 0.305 e. The van der Waals surface area contributed by atoms with Crippen molar-refractivity contribution in [1.82, 2.24) is 5.32 Å². The van der Waals surface area contributed by atoms with Gasteiger partial charge in [-0.15, -0.1) is 0 Å². The molecule has 0 saturated carbocycles. The van der Waals surface area contributed by atoms with E-state index in [2.05, 4.69) is 41.8 Å². The lowest BCUT2D eigenvalue weighted by atomic mass is 9.98. The number of carbonyl (C=O) groups excluding carboxylic acids is 2. The van der Waals surface area contributed by atoms with Crippen LogP contribution in [-0.4, -0.2) is 44.4 Å². The summed E-state index contributed by atoms with van der Waals surface area (Å²) in [6.07, 6.45) is 1.47. The van der Waals surface area contributed by atoms with Crippen LogP contribution in [0.5, 0.6) is 0 Å². The molecule has 0 bridgehead atoms. The van der Waals surface area contributed by atoms with Crippen molar-refractivity contribution in [2.24, 2.45) is 11.7 Å². The molecule has 31 heavy (non-hydrogen) atoms. The summed E-state index contributed by atoms with van der Waals surface area (Å²) >= 11 is 4.18. The lowest BCUT2D eigenvalue weighted by Gasteiger charge is -2.14. The van der Waals surface area contributed by atoms with Crippen LogP contribution in [0.25, 0.3) is 11.1 Å².